The lowest BCUT2D eigenvalue weighted by Crippen LogP contribution is -2.07. The molecule has 0 aliphatic carbocycles. The molecule has 2 aromatic heterocycles. The van der Waals surface area contributed by atoms with Crippen LogP contribution in [0.3, 0.4) is 0 Å². The van der Waals surface area contributed by atoms with Gasteiger partial charge in [-0.1, -0.05) is 41.0 Å². The second-order valence-corrected chi connectivity index (χ2v) is 7.15. The molecule has 0 bridgehead atoms. The summed E-state index contributed by atoms with van der Waals surface area (Å²) in [6.45, 7) is 4.70. The number of hydrogen-bond acceptors (Lipinski definition) is 5. The molecule has 26 heavy (non-hydrogen) atoms. The van der Waals surface area contributed by atoms with Gasteiger partial charge in [-0.15, -0.1) is 16.8 Å². The molecule has 0 saturated carbocycles. The van der Waals surface area contributed by atoms with Crippen molar-refractivity contribution >= 4 is 35.0 Å². The van der Waals surface area contributed by atoms with Crippen molar-refractivity contribution in [3.8, 4) is 5.75 Å². The van der Waals surface area contributed by atoms with Gasteiger partial charge in [0, 0.05) is 18.6 Å². The number of ether oxygens (including phenoxy) is 1. The average Bonchev–Trinajstić information content (AvgIpc) is 3.17. The maximum atomic E-state index is 6.03. The van der Waals surface area contributed by atoms with Crippen LogP contribution >= 0.6 is 35.0 Å². The molecule has 2 heterocycles. The number of nitrogens with zero attached hydrogens (tertiary/aromatic N) is 5. The van der Waals surface area contributed by atoms with E-state index in [0.717, 1.165) is 22.6 Å². The zero-order valence-corrected chi connectivity index (χ0v) is 16.4. The zero-order chi connectivity index (χ0) is 18.5. The van der Waals surface area contributed by atoms with Crippen LogP contribution in [0.2, 0.25) is 10.2 Å². The summed E-state index contributed by atoms with van der Waals surface area (Å²) < 4.78 is 9.58. The van der Waals surface area contributed by atoms with E-state index >= 15 is 0 Å². The largest absolute Gasteiger partial charge is 0.486 e. The summed E-state index contributed by atoms with van der Waals surface area (Å²) in [6, 6.07) is 7.20. The van der Waals surface area contributed by atoms with Crippen LogP contribution in [0.4, 0.5) is 0 Å². The van der Waals surface area contributed by atoms with Gasteiger partial charge in [0.05, 0.1) is 11.9 Å². The fourth-order valence-electron chi connectivity index (χ4n) is 2.21. The first-order valence-corrected chi connectivity index (χ1v) is 9.53. The third-order valence-corrected chi connectivity index (χ3v) is 5.21. The summed E-state index contributed by atoms with van der Waals surface area (Å²) in [5, 5.41) is 10.6. The Morgan fingerprint density at radius 1 is 1.19 bits per heavy atom. The quantitative estimate of drug-likeness (QED) is 0.408. The Kier molecular flexibility index (Phi) is 6.24. The molecular formula is C17H17Cl2N5OS. The lowest BCUT2D eigenvalue weighted by Gasteiger charge is -2.09. The third-order valence-electron chi connectivity index (χ3n) is 3.64. The van der Waals surface area contributed by atoms with Crippen molar-refractivity contribution in [3.63, 3.8) is 0 Å². The molecule has 0 aliphatic rings. The van der Waals surface area contributed by atoms with Crippen molar-refractivity contribution in [2.45, 2.75) is 24.1 Å². The van der Waals surface area contributed by atoms with Gasteiger partial charge in [0.15, 0.2) is 11.0 Å². The van der Waals surface area contributed by atoms with E-state index in [9.17, 15) is 0 Å². The maximum absolute atomic E-state index is 6.03. The van der Waals surface area contributed by atoms with E-state index in [0.29, 0.717) is 29.1 Å². The van der Waals surface area contributed by atoms with Crippen molar-refractivity contribution in [2.75, 3.05) is 0 Å². The molecule has 0 radical (unpaired) electrons. The van der Waals surface area contributed by atoms with Crippen LogP contribution in [-0.2, 0) is 26.0 Å². The van der Waals surface area contributed by atoms with E-state index in [1.54, 1.807) is 24.4 Å². The van der Waals surface area contributed by atoms with Crippen LogP contribution in [0.25, 0.3) is 0 Å². The van der Waals surface area contributed by atoms with Gasteiger partial charge in [-0.25, -0.2) is 4.98 Å². The predicted octanol–water partition coefficient (Wildman–Crippen LogP) is 4.38. The highest BCUT2D eigenvalue weighted by molar-refractivity contribution is 7.98. The Bertz CT molecular complexity index is 891. The van der Waals surface area contributed by atoms with Gasteiger partial charge in [-0.3, -0.25) is 4.57 Å². The fourth-order valence-corrected chi connectivity index (χ4v) is 3.44. The van der Waals surface area contributed by atoms with E-state index in [2.05, 4.69) is 21.8 Å². The van der Waals surface area contributed by atoms with Crippen molar-refractivity contribution in [1.29, 1.82) is 0 Å². The molecule has 0 unspecified atom stereocenters. The highest BCUT2D eigenvalue weighted by Gasteiger charge is 2.14. The topological polar surface area (TPSA) is 57.8 Å². The normalized spacial score (nSPS) is 10.9. The van der Waals surface area contributed by atoms with Gasteiger partial charge >= 0.3 is 0 Å². The minimum atomic E-state index is 0.303. The fraction of sp³-hybridized carbons (Fsp3) is 0.235. The summed E-state index contributed by atoms with van der Waals surface area (Å²) >= 11 is 13.4. The zero-order valence-electron chi connectivity index (χ0n) is 14.1. The molecule has 3 rings (SSSR count). The van der Waals surface area contributed by atoms with Crippen molar-refractivity contribution in [3.05, 3.63) is 64.9 Å². The lowest BCUT2D eigenvalue weighted by molar-refractivity contribution is 0.289. The highest BCUT2D eigenvalue weighted by atomic mass is 35.5. The first-order chi connectivity index (χ1) is 12.6. The Morgan fingerprint density at radius 2 is 1.96 bits per heavy atom. The summed E-state index contributed by atoms with van der Waals surface area (Å²) in [5.41, 5.74) is 0. The van der Waals surface area contributed by atoms with Gasteiger partial charge in [0.2, 0.25) is 0 Å². The van der Waals surface area contributed by atoms with Crippen LogP contribution in [0.5, 0.6) is 5.75 Å². The summed E-state index contributed by atoms with van der Waals surface area (Å²) in [7, 11) is 1.88. The maximum Gasteiger partial charge on any atom is 0.192 e. The number of thioether (sulfide) groups is 1. The first-order valence-electron chi connectivity index (χ1n) is 7.78. The molecule has 0 spiro atoms. The van der Waals surface area contributed by atoms with E-state index in [4.69, 9.17) is 27.9 Å². The molecule has 9 heteroatoms. The standard InChI is InChI=1S/C17H17Cl2N5OS/c1-3-8-24-15(10-25-13-6-4-12(18)5-7-13)21-22-17(24)26-11-16-20-9-14(19)23(16)2/h3-7,9H,1,8,10-11H2,2H3. The first kappa shape index (κ1) is 18.8. The summed E-state index contributed by atoms with van der Waals surface area (Å²) in [5.74, 6) is 2.95. The lowest BCUT2D eigenvalue weighted by atomic mass is 10.3. The molecule has 0 N–H and O–H groups in total. The molecule has 0 amide bonds. The Morgan fingerprint density at radius 3 is 2.62 bits per heavy atom. The minimum Gasteiger partial charge on any atom is -0.486 e. The SMILES string of the molecule is C=CCn1c(COc2ccc(Cl)cc2)nnc1SCc1ncc(Cl)n1C. The molecule has 6 nitrogen and oxygen atoms in total. The van der Waals surface area contributed by atoms with Crippen molar-refractivity contribution < 1.29 is 4.74 Å². The third kappa shape index (κ3) is 4.41. The predicted molar refractivity (Wildman–Crippen MR) is 104 cm³/mol. The van der Waals surface area contributed by atoms with E-state index in [-0.39, 0.29) is 0 Å². The van der Waals surface area contributed by atoms with Crippen molar-refractivity contribution in [2.24, 2.45) is 7.05 Å². The highest BCUT2D eigenvalue weighted by Crippen LogP contribution is 2.23. The Labute approximate surface area is 165 Å². The second-order valence-electron chi connectivity index (χ2n) is 5.39. The van der Waals surface area contributed by atoms with E-state index in [1.807, 2.05) is 28.3 Å². The van der Waals surface area contributed by atoms with E-state index in [1.165, 1.54) is 11.8 Å². The Hall–Kier alpha value is -1.96. The smallest absolute Gasteiger partial charge is 0.192 e. The van der Waals surface area contributed by atoms with Crippen LogP contribution < -0.4 is 4.74 Å². The van der Waals surface area contributed by atoms with Gasteiger partial charge in [0.25, 0.3) is 0 Å². The van der Waals surface area contributed by atoms with Gasteiger partial charge in [0.1, 0.15) is 23.3 Å². The van der Waals surface area contributed by atoms with Gasteiger partial charge in [-0.2, -0.15) is 0 Å². The number of halogens is 2. The van der Waals surface area contributed by atoms with Crippen LogP contribution in [0.1, 0.15) is 11.6 Å². The average molecular weight is 410 g/mol. The number of rotatable bonds is 8. The van der Waals surface area contributed by atoms with Crippen LogP contribution in [-0.4, -0.2) is 24.3 Å². The van der Waals surface area contributed by atoms with Crippen LogP contribution in [0, 0.1) is 0 Å². The monoisotopic (exact) mass is 409 g/mol. The van der Waals surface area contributed by atoms with E-state index < -0.39 is 0 Å². The molecule has 1 aromatic carbocycles. The molecule has 0 atom stereocenters. The van der Waals surface area contributed by atoms with Gasteiger partial charge in [-0.05, 0) is 24.3 Å². The molecule has 0 saturated heterocycles. The number of aromatic nitrogens is 5. The Balaban J connectivity index is 1.69. The molecule has 3 aromatic rings. The number of benzene rings is 1. The van der Waals surface area contributed by atoms with Gasteiger partial charge < -0.3 is 9.30 Å². The van der Waals surface area contributed by atoms with Crippen molar-refractivity contribution in [1.82, 2.24) is 24.3 Å². The minimum absolute atomic E-state index is 0.303. The molecular weight excluding hydrogens is 393 g/mol. The number of hydrogen-bond donors (Lipinski definition) is 0. The summed E-state index contributed by atoms with van der Waals surface area (Å²) in [4.78, 5) is 4.29. The molecule has 0 aliphatic heterocycles. The van der Waals surface area contributed by atoms with Crippen LogP contribution in [0.15, 0.2) is 48.3 Å². The molecule has 136 valence electrons. The number of allylic oxidation sites excluding steroid dienone is 1. The summed E-state index contributed by atoms with van der Waals surface area (Å²) in [6.07, 6.45) is 3.44. The molecule has 0 fully saturated rings. The number of imidazole rings is 1. The second kappa shape index (κ2) is 8.62.